The summed E-state index contributed by atoms with van der Waals surface area (Å²) in [7, 11) is 0. The van der Waals surface area contributed by atoms with Crippen molar-refractivity contribution in [3.8, 4) is 11.7 Å². The van der Waals surface area contributed by atoms with Gasteiger partial charge in [0.05, 0.1) is 31.6 Å². The molecule has 11 nitrogen and oxygen atoms in total. The van der Waals surface area contributed by atoms with Crippen LogP contribution in [0.15, 0.2) is 82.6 Å². The van der Waals surface area contributed by atoms with Crippen molar-refractivity contribution >= 4 is 28.7 Å². The molecular formula is C29H25ClN6O5. The number of hydrogen-bond acceptors (Lipinski definition) is 7. The summed E-state index contributed by atoms with van der Waals surface area (Å²) in [6, 6.07) is 17.7. The van der Waals surface area contributed by atoms with Gasteiger partial charge < -0.3 is 14.4 Å². The first kappa shape index (κ1) is 26.5. The van der Waals surface area contributed by atoms with Gasteiger partial charge in [-0.25, -0.2) is 4.79 Å². The molecule has 3 aromatic heterocycles. The minimum Gasteiger partial charge on any atom is -0.460 e. The average molecular weight is 573 g/mol. The monoisotopic (exact) mass is 572 g/mol. The van der Waals surface area contributed by atoms with E-state index < -0.39 is 11.2 Å². The number of H-pyrrole nitrogens is 1. The molecule has 6 rings (SSSR count). The van der Waals surface area contributed by atoms with Gasteiger partial charge in [-0.15, -0.1) is 0 Å². The topological polar surface area (TPSA) is 124 Å². The van der Waals surface area contributed by atoms with Crippen LogP contribution < -0.4 is 16.0 Å². The minimum atomic E-state index is -0.633. The highest BCUT2D eigenvalue weighted by atomic mass is 35.5. The molecule has 2 aromatic carbocycles. The first-order valence-electron chi connectivity index (χ1n) is 13.0. The van der Waals surface area contributed by atoms with Crippen LogP contribution in [0.1, 0.15) is 21.5 Å². The lowest BCUT2D eigenvalue weighted by atomic mass is 10.1. The van der Waals surface area contributed by atoms with Gasteiger partial charge in [0.1, 0.15) is 12.3 Å². The second kappa shape index (κ2) is 11.4. The lowest BCUT2D eigenvalue weighted by Gasteiger charge is -2.26. The number of pyridine rings is 1. The van der Waals surface area contributed by atoms with E-state index in [1.807, 2.05) is 12.1 Å². The van der Waals surface area contributed by atoms with Crippen molar-refractivity contribution in [2.75, 3.05) is 26.3 Å². The number of halogens is 1. The molecule has 0 aliphatic carbocycles. The number of aromatic nitrogens is 5. The fraction of sp³-hybridized carbons (Fsp3) is 0.207. The number of nitrogens with zero attached hydrogens (tertiary/aromatic N) is 5. The number of morpholine rings is 1. The molecule has 0 atom stereocenters. The van der Waals surface area contributed by atoms with Gasteiger partial charge in [-0.1, -0.05) is 35.9 Å². The Morgan fingerprint density at radius 1 is 1.02 bits per heavy atom. The summed E-state index contributed by atoms with van der Waals surface area (Å²) < 4.78 is 14.3. The Balaban J connectivity index is 1.34. The fourth-order valence-corrected chi connectivity index (χ4v) is 4.97. The van der Waals surface area contributed by atoms with Gasteiger partial charge in [0, 0.05) is 29.9 Å². The van der Waals surface area contributed by atoms with Crippen LogP contribution in [0.3, 0.4) is 0 Å². The molecule has 0 unspecified atom stereocenters. The first-order chi connectivity index (χ1) is 20.0. The van der Waals surface area contributed by atoms with Crippen LogP contribution in [-0.2, 0) is 17.9 Å². The Morgan fingerprint density at radius 2 is 1.83 bits per heavy atom. The van der Waals surface area contributed by atoms with Crippen LogP contribution in [0.4, 0.5) is 0 Å². The Morgan fingerprint density at radius 3 is 2.56 bits per heavy atom. The molecule has 0 radical (unpaired) electrons. The van der Waals surface area contributed by atoms with Gasteiger partial charge in [0.2, 0.25) is 0 Å². The number of carbonyl (C=O) groups is 1. The molecule has 0 saturated carbocycles. The smallest absolute Gasteiger partial charge is 0.332 e. The van der Waals surface area contributed by atoms with Crippen molar-refractivity contribution in [2.45, 2.75) is 13.2 Å². The van der Waals surface area contributed by atoms with Crippen molar-refractivity contribution in [3.05, 3.63) is 116 Å². The van der Waals surface area contributed by atoms with Crippen molar-refractivity contribution in [3.63, 3.8) is 0 Å². The molecule has 0 bridgehead atoms. The molecule has 208 valence electrons. The Hall–Kier alpha value is -4.74. The van der Waals surface area contributed by atoms with E-state index in [1.165, 1.54) is 10.8 Å². The van der Waals surface area contributed by atoms with Crippen LogP contribution in [0.5, 0.6) is 6.01 Å². The summed E-state index contributed by atoms with van der Waals surface area (Å²) in [5, 5.41) is 0.545. The third-order valence-electron chi connectivity index (χ3n) is 6.78. The maximum atomic E-state index is 13.3. The molecule has 0 spiro atoms. The summed E-state index contributed by atoms with van der Waals surface area (Å²) in [4.78, 5) is 51.9. The van der Waals surface area contributed by atoms with Crippen LogP contribution in [0.2, 0.25) is 5.02 Å². The molecule has 1 fully saturated rings. The minimum absolute atomic E-state index is 0.0236. The van der Waals surface area contributed by atoms with E-state index >= 15 is 0 Å². The van der Waals surface area contributed by atoms with Gasteiger partial charge in [0.25, 0.3) is 5.91 Å². The molecule has 1 aliphatic heterocycles. The molecular weight excluding hydrogens is 548 g/mol. The molecule has 41 heavy (non-hydrogen) atoms. The predicted molar refractivity (Wildman–Crippen MR) is 152 cm³/mol. The standard InChI is InChI=1S/C29H25ClN6O5/c30-22-4-1-3-20(15-22)17-35-25-24(36(28(39)32-25)23-5-2-10-31-16-23)26(37)33-29(35)41-18-19-6-8-21(9-7-19)27(38)34-11-13-40-14-12-34/h1-10,15-16H,11-14,17-18H2,(H,32,39). The van der Waals surface area contributed by atoms with E-state index in [2.05, 4.69) is 15.0 Å². The van der Waals surface area contributed by atoms with E-state index in [0.717, 1.165) is 11.1 Å². The quantitative estimate of drug-likeness (QED) is 0.318. The van der Waals surface area contributed by atoms with Gasteiger partial charge in [-0.3, -0.25) is 28.7 Å². The lowest BCUT2D eigenvalue weighted by molar-refractivity contribution is 0.0303. The Bertz CT molecular complexity index is 1830. The molecule has 1 N–H and O–H groups in total. The molecule has 4 heterocycles. The predicted octanol–water partition coefficient (Wildman–Crippen LogP) is 3.02. The maximum absolute atomic E-state index is 13.3. The molecule has 1 saturated heterocycles. The number of hydrogen-bond donors (Lipinski definition) is 1. The molecule has 1 amide bonds. The van der Waals surface area contributed by atoms with Gasteiger partial charge in [-0.2, -0.15) is 4.98 Å². The zero-order valence-electron chi connectivity index (χ0n) is 21.8. The third kappa shape index (κ3) is 5.49. The zero-order valence-corrected chi connectivity index (χ0v) is 22.6. The molecule has 5 aromatic rings. The van der Waals surface area contributed by atoms with Crippen LogP contribution in [0.25, 0.3) is 16.9 Å². The zero-order chi connectivity index (χ0) is 28.3. The fourth-order valence-electron chi connectivity index (χ4n) is 4.76. The van der Waals surface area contributed by atoms with E-state index in [-0.39, 0.29) is 36.2 Å². The van der Waals surface area contributed by atoms with Crippen molar-refractivity contribution < 1.29 is 14.3 Å². The Kier molecular flexibility index (Phi) is 7.36. The summed E-state index contributed by atoms with van der Waals surface area (Å²) in [6.07, 6.45) is 3.07. The highest BCUT2D eigenvalue weighted by Gasteiger charge is 2.21. The van der Waals surface area contributed by atoms with Crippen molar-refractivity contribution in [1.29, 1.82) is 0 Å². The van der Waals surface area contributed by atoms with Gasteiger partial charge >= 0.3 is 17.3 Å². The number of benzene rings is 2. The number of amides is 1. The van der Waals surface area contributed by atoms with Crippen LogP contribution in [0, 0.1) is 0 Å². The lowest BCUT2D eigenvalue weighted by Crippen LogP contribution is -2.40. The maximum Gasteiger partial charge on any atom is 0.332 e. The number of carbonyl (C=O) groups excluding carboxylic acids is 1. The number of imidazole rings is 1. The van der Waals surface area contributed by atoms with Gasteiger partial charge in [0.15, 0.2) is 5.52 Å². The normalized spacial score (nSPS) is 13.4. The average Bonchev–Trinajstić information content (AvgIpc) is 3.36. The molecule has 1 aliphatic rings. The van der Waals surface area contributed by atoms with E-state index in [0.29, 0.717) is 42.6 Å². The van der Waals surface area contributed by atoms with E-state index in [9.17, 15) is 14.4 Å². The van der Waals surface area contributed by atoms with Gasteiger partial charge in [-0.05, 0) is 47.5 Å². The number of aromatic amines is 1. The summed E-state index contributed by atoms with van der Waals surface area (Å²) >= 11 is 6.22. The summed E-state index contributed by atoms with van der Waals surface area (Å²) in [5.41, 5.74) is 1.77. The summed E-state index contributed by atoms with van der Waals surface area (Å²) in [6.45, 7) is 2.48. The number of ether oxygens (including phenoxy) is 2. The highest BCUT2D eigenvalue weighted by molar-refractivity contribution is 6.30. The van der Waals surface area contributed by atoms with Crippen LogP contribution >= 0.6 is 11.6 Å². The number of rotatable bonds is 7. The summed E-state index contributed by atoms with van der Waals surface area (Å²) in [5.74, 6) is -0.0506. The van der Waals surface area contributed by atoms with E-state index in [1.54, 1.807) is 64.2 Å². The largest absolute Gasteiger partial charge is 0.460 e. The van der Waals surface area contributed by atoms with Crippen molar-refractivity contribution in [2.24, 2.45) is 0 Å². The van der Waals surface area contributed by atoms with Crippen LogP contribution in [-0.4, -0.2) is 61.2 Å². The molecule has 12 heteroatoms. The van der Waals surface area contributed by atoms with E-state index in [4.69, 9.17) is 21.1 Å². The third-order valence-corrected chi connectivity index (χ3v) is 7.01. The number of nitrogens with one attached hydrogen (secondary N) is 1. The highest BCUT2D eigenvalue weighted by Crippen LogP contribution is 2.21. The Labute approximate surface area is 238 Å². The van der Waals surface area contributed by atoms with Crippen molar-refractivity contribution in [1.82, 2.24) is 29.0 Å². The SMILES string of the molecule is O=C(c1ccc(COc2nc(=O)c3c([nH]c(=O)n3-c3cccnc3)n2Cc2cccc(Cl)c2)cc1)N1CCOCC1. The first-order valence-corrected chi connectivity index (χ1v) is 13.3. The number of fused-ring (bicyclic) bond motifs is 1. The second-order valence-electron chi connectivity index (χ2n) is 9.48. The second-order valence-corrected chi connectivity index (χ2v) is 9.92.